The van der Waals surface area contributed by atoms with Gasteiger partial charge in [-0.15, -0.1) is 0 Å². The number of carbonyl (C=O) groups excluding carboxylic acids is 2. The van der Waals surface area contributed by atoms with Crippen LogP contribution in [0.4, 0.5) is 0 Å². The Morgan fingerprint density at radius 2 is 2.00 bits per heavy atom. The fraction of sp³-hybridized carbons (Fsp3) is 0.333. The molecule has 8 nitrogen and oxygen atoms in total. The molecule has 1 aliphatic rings. The van der Waals surface area contributed by atoms with Gasteiger partial charge in [-0.2, -0.15) is 0 Å². The first-order valence-electron chi connectivity index (χ1n) is 9.50. The Labute approximate surface area is 168 Å². The molecule has 4 rings (SSSR count). The van der Waals surface area contributed by atoms with E-state index in [1.54, 1.807) is 37.6 Å². The fourth-order valence-corrected chi connectivity index (χ4v) is 3.42. The maximum atomic E-state index is 13.0. The van der Waals surface area contributed by atoms with Crippen LogP contribution in [0.15, 0.2) is 48.9 Å². The monoisotopic (exact) mass is 393 g/mol. The summed E-state index contributed by atoms with van der Waals surface area (Å²) >= 11 is 0. The van der Waals surface area contributed by atoms with Gasteiger partial charge in [-0.05, 0) is 11.6 Å². The van der Waals surface area contributed by atoms with Crippen LogP contribution in [0, 0.1) is 0 Å². The van der Waals surface area contributed by atoms with Gasteiger partial charge in [0, 0.05) is 26.8 Å². The quantitative estimate of drug-likeness (QED) is 0.670. The summed E-state index contributed by atoms with van der Waals surface area (Å²) < 4.78 is 7.49. The van der Waals surface area contributed by atoms with E-state index in [-0.39, 0.29) is 18.4 Å². The third-order valence-corrected chi connectivity index (χ3v) is 4.97. The van der Waals surface area contributed by atoms with Crippen molar-refractivity contribution >= 4 is 23.0 Å². The minimum absolute atomic E-state index is 0.143. The summed E-state index contributed by atoms with van der Waals surface area (Å²) in [5.74, 6) is -0.312. The molecule has 1 atom stereocenters. The molecule has 1 aromatic carbocycles. The molecular formula is C21H23N5O3. The molecular weight excluding hydrogens is 370 g/mol. The van der Waals surface area contributed by atoms with Gasteiger partial charge < -0.3 is 19.1 Å². The van der Waals surface area contributed by atoms with Crippen molar-refractivity contribution in [3.63, 3.8) is 0 Å². The summed E-state index contributed by atoms with van der Waals surface area (Å²) in [5.41, 5.74) is 3.01. The van der Waals surface area contributed by atoms with Gasteiger partial charge in [-0.1, -0.05) is 30.3 Å². The lowest BCUT2D eigenvalue weighted by molar-refractivity contribution is -0.145. The van der Waals surface area contributed by atoms with Crippen LogP contribution in [0.1, 0.15) is 15.9 Å². The largest absolute Gasteiger partial charge is 0.365 e. The van der Waals surface area contributed by atoms with Gasteiger partial charge >= 0.3 is 0 Å². The lowest BCUT2D eigenvalue weighted by Gasteiger charge is -2.33. The van der Waals surface area contributed by atoms with Crippen LogP contribution in [0.25, 0.3) is 11.2 Å². The molecule has 2 aromatic heterocycles. The molecule has 29 heavy (non-hydrogen) atoms. The minimum Gasteiger partial charge on any atom is -0.365 e. The van der Waals surface area contributed by atoms with Crippen LogP contribution < -0.4 is 0 Å². The number of imidazole rings is 1. The molecule has 3 heterocycles. The molecule has 150 valence electrons. The second-order valence-corrected chi connectivity index (χ2v) is 7.27. The van der Waals surface area contributed by atoms with Crippen molar-refractivity contribution in [2.24, 2.45) is 0 Å². The maximum Gasteiger partial charge on any atom is 0.255 e. The van der Waals surface area contributed by atoms with Crippen LogP contribution in [0.3, 0.4) is 0 Å². The van der Waals surface area contributed by atoms with Crippen molar-refractivity contribution in [3.8, 4) is 0 Å². The summed E-state index contributed by atoms with van der Waals surface area (Å²) in [6.45, 7) is 1.67. The smallest absolute Gasteiger partial charge is 0.255 e. The van der Waals surface area contributed by atoms with Crippen LogP contribution in [-0.2, 0) is 16.1 Å². The van der Waals surface area contributed by atoms with Crippen LogP contribution >= 0.6 is 0 Å². The predicted molar refractivity (Wildman–Crippen MR) is 107 cm³/mol. The number of carbonyl (C=O) groups is 2. The number of rotatable bonds is 4. The standard InChI is InChI=1S/C21H23N5O3/c1-24(2)21(28)18-13-25(8-9-29-18)20(27)16-10-17-19(22-11-16)26(14-23-17)12-15-6-4-3-5-7-15/h3-7,10-11,14,18H,8-9,12-13H2,1-2H3. The van der Waals surface area contributed by atoms with Crippen molar-refractivity contribution in [3.05, 3.63) is 60.0 Å². The number of nitrogens with zero attached hydrogens (tertiary/aromatic N) is 5. The number of morpholine rings is 1. The molecule has 3 aromatic rings. The molecule has 1 aliphatic heterocycles. The molecule has 8 heteroatoms. The summed E-state index contributed by atoms with van der Waals surface area (Å²) in [5, 5.41) is 0. The molecule has 1 unspecified atom stereocenters. The predicted octanol–water partition coefficient (Wildman–Crippen LogP) is 1.41. The van der Waals surface area contributed by atoms with Crippen molar-refractivity contribution in [2.75, 3.05) is 33.8 Å². The molecule has 0 radical (unpaired) electrons. The normalized spacial score (nSPS) is 16.8. The maximum absolute atomic E-state index is 13.0. The average molecular weight is 393 g/mol. The Kier molecular flexibility index (Phi) is 5.26. The highest BCUT2D eigenvalue weighted by Crippen LogP contribution is 2.17. The number of pyridine rings is 1. The number of hydrogen-bond acceptors (Lipinski definition) is 5. The van der Waals surface area contributed by atoms with E-state index in [9.17, 15) is 9.59 Å². The third-order valence-electron chi connectivity index (χ3n) is 4.97. The summed E-state index contributed by atoms with van der Waals surface area (Å²) in [6.07, 6.45) is 2.68. The third kappa shape index (κ3) is 3.97. The van der Waals surface area contributed by atoms with E-state index in [4.69, 9.17) is 4.74 Å². The molecule has 0 saturated carbocycles. The first-order valence-corrected chi connectivity index (χ1v) is 9.50. The fourth-order valence-electron chi connectivity index (χ4n) is 3.42. The van der Waals surface area contributed by atoms with Gasteiger partial charge in [0.25, 0.3) is 11.8 Å². The van der Waals surface area contributed by atoms with E-state index in [2.05, 4.69) is 9.97 Å². The molecule has 0 bridgehead atoms. The zero-order valence-electron chi connectivity index (χ0n) is 16.5. The van der Waals surface area contributed by atoms with Gasteiger partial charge in [-0.25, -0.2) is 9.97 Å². The van der Waals surface area contributed by atoms with Crippen molar-refractivity contribution in [2.45, 2.75) is 12.6 Å². The zero-order chi connectivity index (χ0) is 20.4. The van der Waals surface area contributed by atoms with Crippen molar-refractivity contribution < 1.29 is 14.3 Å². The number of benzene rings is 1. The number of ether oxygens (including phenoxy) is 1. The Morgan fingerprint density at radius 3 is 2.76 bits per heavy atom. The van der Waals surface area contributed by atoms with E-state index in [1.807, 2.05) is 34.9 Å². The van der Waals surface area contributed by atoms with E-state index >= 15 is 0 Å². The highest BCUT2D eigenvalue weighted by molar-refractivity contribution is 5.96. The molecule has 1 saturated heterocycles. The topological polar surface area (TPSA) is 80.6 Å². The lowest BCUT2D eigenvalue weighted by atomic mass is 10.2. The van der Waals surface area contributed by atoms with Crippen LogP contribution in [0.2, 0.25) is 0 Å². The van der Waals surface area contributed by atoms with Gasteiger partial charge in [0.15, 0.2) is 11.8 Å². The van der Waals surface area contributed by atoms with Crippen molar-refractivity contribution in [1.29, 1.82) is 0 Å². The number of likely N-dealkylation sites (N-methyl/N-ethyl adjacent to an activating group) is 1. The molecule has 0 aliphatic carbocycles. The summed E-state index contributed by atoms with van der Waals surface area (Å²) in [6, 6.07) is 11.8. The molecule has 0 spiro atoms. The van der Waals surface area contributed by atoms with Crippen LogP contribution in [0.5, 0.6) is 0 Å². The SMILES string of the molecule is CN(C)C(=O)C1CN(C(=O)c2cnc3c(c2)ncn3Cc2ccccc2)CCO1. The molecule has 0 N–H and O–H groups in total. The Morgan fingerprint density at radius 1 is 1.21 bits per heavy atom. The molecule has 2 amide bonds. The minimum atomic E-state index is -0.635. The van der Waals surface area contributed by atoms with Crippen molar-refractivity contribution in [1.82, 2.24) is 24.3 Å². The lowest BCUT2D eigenvalue weighted by Crippen LogP contribution is -2.51. The summed E-state index contributed by atoms with van der Waals surface area (Å²) in [7, 11) is 3.35. The Hall–Kier alpha value is -3.26. The number of amides is 2. The Balaban J connectivity index is 1.52. The van der Waals surface area contributed by atoms with E-state index in [0.717, 1.165) is 11.2 Å². The highest BCUT2D eigenvalue weighted by Gasteiger charge is 2.30. The second kappa shape index (κ2) is 8.00. The average Bonchev–Trinajstić information content (AvgIpc) is 3.15. The summed E-state index contributed by atoms with van der Waals surface area (Å²) in [4.78, 5) is 37.1. The van der Waals surface area contributed by atoms with E-state index in [0.29, 0.717) is 30.8 Å². The first-order chi connectivity index (χ1) is 14.0. The van der Waals surface area contributed by atoms with E-state index in [1.165, 1.54) is 4.90 Å². The second-order valence-electron chi connectivity index (χ2n) is 7.27. The first kappa shape index (κ1) is 19.1. The van der Waals surface area contributed by atoms with Gasteiger partial charge in [0.1, 0.15) is 5.52 Å². The number of aromatic nitrogens is 3. The van der Waals surface area contributed by atoms with Gasteiger partial charge in [0.2, 0.25) is 0 Å². The molecule has 1 fully saturated rings. The van der Waals surface area contributed by atoms with E-state index < -0.39 is 6.10 Å². The number of hydrogen-bond donors (Lipinski definition) is 0. The van der Waals surface area contributed by atoms with Crippen LogP contribution in [-0.4, -0.2) is 76.0 Å². The van der Waals surface area contributed by atoms with Gasteiger partial charge in [-0.3, -0.25) is 9.59 Å². The Bertz CT molecular complexity index is 1030. The van der Waals surface area contributed by atoms with Gasteiger partial charge in [0.05, 0.1) is 31.6 Å². The highest BCUT2D eigenvalue weighted by atomic mass is 16.5. The number of fused-ring (bicyclic) bond motifs is 1. The zero-order valence-corrected chi connectivity index (χ0v) is 16.5.